The van der Waals surface area contributed by atoms with Crippen LogP contribution in [0.4, 0.5) is 0 Å². The number of nitrogens with two attached hydrogens (primary N) is 1. The molecule has 0 radical (unpaired) electrons. The summed E-state index contributed by atoms with van der Waals surface area (Å²) in [5.74, 6) is -0.326. The first kappa shape index (κ1) is 11.5. The van der Waals surface area contributed by atoms with Crippen LogP contribution in [0, 0.1) is 0 Å². The van der Waals surface area contributed by atoms with Crippen LogP contribution in [0.15, 0.2) is 36.4 Å². The molecule has 2 rings (SSSR count). The molecule has 0 saturated heterocycles. The summed E-state index contributed by atoms with van der Waals surface area (Å²) in [6.07, 6.45) is 0.141. The lowest BCUT2D eigenvalue weighted by Gasteiger charge is -2.10. The van der Waals surface area contributed by atoms with E-state index >= 15 is 0 Å². The van der Waals surface area contributed by atoms with Crippen molar-refractivity contribution in [3.05, 3.63) is 42.1 Å². The number of aromatic nitrogens is 1. The topological polar surface area (TPSA) is 65.2 Å². The largest absolute Gasteiger partial charge is 0.469 e. The first-order valence-corrected chi connectivity index (χ1v) is 5.39. The van der Waals surface area contributed by atoms with Crippen molar-refractivity contribution < 1.29 is 9.53 Å². The molecule has 0 saturated carbocycles. The van der Waals surface area contributed by atoms with Crippen molar-refractivity contribution in [3.63, 3.8) is 0 Å². The number of hydrogen-bond donors (Lipinski definition) is 1. The number of para-hydroxylation sites is 1. The SMILES string of the molecule is COC(=O)C[C@H](N)c1ccc2ccccc2n1. The van der Waals surface area contributed by atoms with Gasteiger partial charge in [-0.05, 0) is 12.1 Å². The van der Waals surface area contributed by atoms with E-state index in [1.807, 2.05) is 36.4 Å². The first-order valence-electron chi connectivity index (χ1n) is 5.39. The molecule has 1 heterocycles. The minimum Gasteiger partial charge on any atom is -0.469 e. The summed E-state index contributed by atoms with van der Waals surface area (Å²) in [6.45, 7) is 0. The van der Waals surface area contributed by atoms with E-state index in [0.29, 0.717) is 5.69 Å². The van der Waals surface area contributed by atoms with Crippen LogP contribution in [0.3, 0.4) is 0 Å². The Balaban J connectivity index is 2.26. The number of methoxy groups -OCH3 is 1. The summed E-state index contributed by atoms with van der Waals surface area (Å²) in [7, 11) is 1.35. The standard InChI is InChI=1S/C13H14N2O2/c1-17-13(16)8-10(14)12-7-6-9-4-2-3-5-11(9)15-12/h2-7,10H,8,14H2,1H3/t10-/m0/s1. The molecule has 0 aliphatic heterocycles. The van der Waals surface area contributed by atoms with Crippen molar-refractivity contribution in [2.45, 2.75) is 12.5 Å². The van der Waals surface area contributed by atoms with Crippen LogP contribution in [0.2, 0.25) is 0 Å². The van der Waals surface area contributed by atoms with Crippen LogP contribution >= 0.6 is 0 Å². The number of rotatable bonds is 3. The number of fused-ring (bicyclic) bond motifs is 1. The third-order valence-corrected chi connectivity index (χ3v) is 2.61. The summed E-state index contributed by atoms with van der Waals surface area (Å²) < 4.78 is 4.58. The van der Waals surface area contributed by atoms with Crippen molar-refractivity contribution >= 4 is 16.9 Å². The van der Waals surface area contributed by atoms with Gasteiger partial charge in [0.2, 0.25) is 0 Å². The van der Waals surface area contributed by atoms with Gasteiger partial charge in [-0.1, -0.05) is 24.3 Å². The lowest BCUT2D eigenvalue weighted by atomic mass is 10.1. The minimum atomic E-state index is -0.424. The quantitative estimate of drug-likeness (QED) is 0.816. The van der Waals surface area contributed by atoms with Gasteiger partial charge < -0.3 is 10.5 Å². The zero-order valence-corrected chi connectivity index (χ0v) is 9.59. The van der Waals surface area contributed by atoms with Gasteiger partial charge in [-0.25, -0.2) is 0 Å². The van der Waals surface area contributed by atoms with E-state index in [2.05, 4.69) is 9.72 Å². The molecule has 2 aromatic rings. The van der Waals surface area contributed by atoms with Crippen molar-refractivity contribution in [2.24, 2.45) is 5.73 Å². The van der Waals surface area contributed by atoms with Crippen LogP contribution in [-0.2, 0) is 9.53 Å². The summed E-state index contributed by atoms with van der Waals surface area (Å²) in [6, 6.07) is 11.2. The Morgan fingerprint density at radius 1 is 1.35 bits per heavy atom. The molecule has 0 fully saturated rings. The second-order valence-electron chi connectivity index (χ2n) is 3.82. The molecule has 0 aliphatic rings. The Kier molecular flexibility index (Phi) is 3.35. The summed E-state index contributed by atoms with van der Waals surface area (Å²) in [5, 5.41) is 1.06. The van der Waals surface area contributed by atoms with Crippen molar-refractivity contribution in [1.29, 1.82) is 0 Å². The molecule has 0 bridgehead atoms. The normalized spacial score (nSPS) is 12.4. The smallest absolute Gasteiger partial charge is 0.307 e. The molecule has 0 spiro atoms. The average Bonchev–Trinajstić information content (AvgIpc) is 2.38. The molecular weight excluding hydrogens is 216 g/mol. The molecular formula is C13H14N2O2. The van der Waals surface area contributed by atoms with E-state index in [9.17, 15) is 4.79 Å². The van der Waals surface area contributed by atoms with Crippen LogP contribution in [0.5, 0.6) is 0 Å². The number of carbonyl (C=O) groups excluding carboxylic acids is 1. The van der Waals surface area contributed by atoms with Crippen LogP contribution in [0.25, 0.3) is 10.9 Å². The monoisotopic (exact) mass is 230 g/mol. The third kappa shape index (κ3) is 2.60. The highest BCUT2D eigenvalue weighted by molar-refractivity contribution is 5.78. The lowest BCUT2D eigenvalue weighted by Crippen LogP contribution is -2.17. The van der Waals surface area contributed by atoms with Crippen molar-refractivity contribution in [1.82, 2.24) is 4.98 Å². The predicted molar refractivity (Wildman–Crippen MR) is 65.3 cm³/mol. The van der Waals surface area contributed by atoms with Crippen LogP contribution in [-0.4, -0.2) is 18.1 Å². The number of nitrogens with zero attached hydrogens (tertiary/aromatic N) is 1. The maximum absolute atomic E-state index is 11.1. The molecule has 1 aromatic carbocycles. The number of hydrogen-bond acceptors (Lipinski definition) is 4. The van der Waals surface area contributed by atoms with E-state index < -0.39 is 6.04 Å². The molecule has 0 amide bonds. The van der Waals surface area contributed by atoms with Gasteiger partial charge in [0.05, 0.1) is 30.8 Å². The van der Waals surface area contributed by atoms with Gasteiger partial charge in [-0.15, -0.1) is 0 Å². The summed E-state index contributed by atoms with van der Waals surface area (Å²) in [5.41, 5.74) is 7.48. The second-order valence-corrected chi connectivity index (χ2v) is 3.82. The Hall–Kier alpha value is -1.94. The Morgan fingerprint density at radius 3 is 2.88 bits per heavy atom. The Bertz CT molecular complexity index is 540. The Morgan fingerprint density at radius 2 is 2.12 bits per heavy atom. The van der Waals surface area contributed by atoms with Crippen LogP contribution < -0.4 is 5.73 Å². The third-order valence-electron chi connectivity index (χ3n) is 2.61. The summed E-state index contributed by atoms with van der Waals surface area (Å²) >= 11 is 0. The number of ether oxygens (including phenoxy) is 1. The van der Waals surface area contributed by atoms with Gasteiger partial charge in [0.25, 0.3) is 0 Å². The highest BCUT2D eigenvalue weighted by Gasteiger charge is 2.13. The van der Waals surface area contributed by atoms with E-state index in [0.717, 1.165) is 10.9 Å². The van der Waals surface area contributed by atoms with E-state index in [4.69, 9.17) is 5.73 Å². The fourth-order valence-electron chi connectivity index (χ4n) is 1.66. The lowest BCUT2D eigenvalue weighted by molar-refractivity contribution is -0.141. The summed E-state index contributed by atoms with van der Waals surface area (Å²) in [4.78, 5) is 15.6. The minimum absolute atomic E-state index is 0.141. The Labute approximate surface area is 99.4 Å². The predicted octanol–water partition coefficient (Wildman–Crippen LogP) is 1.80. The van der Waals surface area contributed by atoms with Crippen LogP contribution in [0.1, 0.15) is 18.2 Å². The molecule has 88 valence electrons. The molecule has 0 aliphatic carbocycles. The fourth-order valence-corrected chi connectivity index (χ4v) is 1.66. The van der Waals surface area contributed by atoms with Gasteiger partial charge in [0.15, 0.2) is 0 Å². The van der Waals surface area contributed by atoms with E-state index in [1.165, 1.54) is 7.11 Å². The zero-order chi connectivity index (χ0) is 12.3. The van der Waals surface area contributed by atoms with Gasteiger partial charge in [0, 0.05) is 5.39 Å². The molecule has 1 aromatic heterocycles. The van der Waals surface area contributed by atoms with Gasteiger partial charge >= 0.3 is 5.97 Å². The van der Waals surface area contributed by atoms with Gasteiger partial charge in [-0.2, -0.15) is 0 Å². The van der Waals surface area contributed by atoms with Gasteiger partial charge in [-0.3, -0.25) is 9.78 Å². The number of carbonyl (C=O) groups is 1. The number of benzene rings is 1. The fraction of sp³-hybridized carbons (Fsp3) is 0.231. The maximum atomic E-state index is 11.1. The number of esters is 1. The molecule has 4 nitrogen and oxygen atoms in total. The van der Waals surface area contributed by atoms with E-state index in [-0.39, 0.29) is 12.4 Å². The van der Waals surface area contributed by atoms with Crippen molar-refractivity contribution in [3.8, 4) is 0 Å². The average molecular weight is 230 g/mol. The maximum Gasteiger partial charge on any atom is 0.307 e. The highest BCUT2D eigenvalue weighted by Crippen LogP contribution is 2.17. The van der Waals surface area contributed by atoms with E-state index in [1.54, 1.807) is 0 Å². The molecule has 1 atom stereocenters. The zero-order valence-electron chi connectivity index (χ0n) is 9.59. The second kappa shape index (κ2) is 4.93. The molecule has 0 unspecified atom stereocenters. The molecule has 4 heteroatoms. The van der Waals surface area contributed by atoms with Gasteiger partial charge in [0.1, 0.15) is 0 Å². The molecule has 17 heavy (non-hydrogen) atoms. The molecule has 2 N–H and O–H groups in total. The number of pyridine rings is 1. The van der Waals surface area contributed by atoms with Crippen molar-refractivity contribution in [2.75, 3.05) is 7.11 Å². The first-order chi connectivity index (χ1) is 8.20. The highest BCUT2D eigenvalue weighted by atomic mass is 16.5.